The monoisotopic (exact) mass is 389 g/mol. The third-order valence-corrected chi connectivity index (χ3v) is 4.44. The van der Waals surface area contributed by atoms with E-state index in [-0.39, 0.29) is 11.1 Å². The van der Waals surface area contributed by atoms with Gasteiger partial charge in [-0.05, 0) is 61.7 Å². The van der Waals surface area contributed by atoms with E-state index in [4.69, 9.17) is 23.2 Å². The third kappa shape index (κ3) is 3.71. The molecule has 2 aromatic carbocycles. The summed E-state index contributed by atoms with van der Waals surface area (Å²) in [6, 6.07) is 6.75. The van der Waals surface area contributed by atoms with Crippen LogP contribution in [0.25, 0.3) is 0 Å². The molecule has 21 heavy (non-hydrogen) atoms. The highest BCUT2D eigenvalue weighted by atomic mass is 79.9. The van der Waals surface area contributed by atoms with Crippen LogP contribution in [0.5, 0.6) is 0 Å². The standard InChI is InChI=1S/C16H15BrCl2FN/c1-8-4-11(17)5-9(2)16(8)21-10(3)12-6-15(20)14(19)7-13(12)18/h4-7,10,21H,1-3H3. The summed E-state index contributed by atoms with van der Waals surface area (Å²) in [5.41, 5.74) is 3.93. The number of aryl methyl sites for hydroxylation is 2. The van der Waals surface area contributed by atoms with Gasteiger partial charge in [0.15, 0.2) is 0 Å². The number of hydrogen-bond acceptors (Lipinski definition) is 1. The molecule has 2 rings (SSSR count). The number of nitrogens with one attached hydrogen (secondary N) is 1. The van der Waals surface area contributed by atoms with Gasteiger partial charge in [0, 0.05) is 15.2 Å². The van der Waals surface area contributed by atoms with Gasteiger partial charge in [-0.15, -0.1) is 0 Å². The number of rotatable bonds is 3. The summed E-state index contributed by atoms with van der Waals surface area (Å²) >= 11 is 15.4. The van der Waals surface area contributed by atoms with Crippen LogP contribution >= 0.6 is 39.1 Å². The molecule has 0 amide bonds. The van der Waals surface area contributed by atoms with E-state index in [2.05, 4.69) is 21.2 Å². The predicted molar refractivity (Wildman–Crippen MR) is 92.1 cm³/mol. The van der Waals surface area contributed by atoms with Crippen LogP contribution in [0.4, 0.5) is 10.1 Å². The highest BCUT2D eigenvalue weighted by molar-refractivity contribution is 9.10. The smallest absolute Gasteiger partial charge is 0.142 e. The lowest BCUT2D eigenvalue weighted by molar-refractivity contribution is 0.624. The fourth-order valence-electron chi connectivity index (χ4n) is 2.30. The Bertz CT molecular complexity index is 665. The molecule has 1 atom stereocenters. The lowest BCUT2D eigenvalue weighted by atomic mass is 10.0. The Labute approximate surface area is 142 Å². The molecule has 0 saturated carbocycles. The van der Waals surface area contributed by atoms with Crippen molar-refractivity contribution >= 4 is 44.8 Å². The van der Waals surface area contributed by atoms with Gasteiger partial charge in [0.25, 0.3) is 0 Å². The molecule has 5 heteroatoms. The van der Waals surface area contributed by atoms with Crippen LogP contribution in [0.3, 0.4) is 0 Å². The Morgan fingerprint density at radius 1 is 1.05 bits per heavy atom. The minimum Gasteiger partial charge on any atom is -0.378 e. The van der Waals surface area contributed by atoms with E-state index in [9.17, 15) is 4.39 Å². The molecule has 0 radical (unpaired) electrons. The van der Waals surface area contributed by atoms with Crippen LogP contribution in [0.1, 0.15) is 29.7 Å². The molecule has 0 heterocycles. The first-order chi connectivity index (χ1) is 9.79. The fraction of sp³-hybridized carbons (Fsp3) is 0.250. The molecule has 0 fully saturated rings. The number of hydrogen-bond donors (Lipinski definition) is 1. The van der Waals surface area contributed by atoms with Crippen molar-refractivity contribution in [3.05, 3.63) is 61.3 Å². The van der Waals surface area contributed by atoms with Crippen molar-refractivity contribution in [3.8, 4) is 0 Å². The molecule has 0 bridgehead atoms. The first-order valence-electron chi connectivity index (χ1n) is 6.47. The Hall–Kier alpha value is -0.770. The van der Waals surface area contributed by atoms with Crippen LogP contribution in [-0.2, 0) is 0 Å². The maximum absolute atomic E-state index is 13.6. The predicted octanol–water partition coefficient (Wildman–Crippen LogP) is 6.68. The van der Waals surface area contributed by atoms with E-state index >= 15 is 0 Å². The second kappa shape index (κ2) is 6.55. The average Bonchev–Trinajstić information content (AvgIpc) is 2.37. The molecule has 112 valence electrons. The van der Waals surface area contributed by atoms with Crippen molar-refractivity contribution < 1.29 is 4.39 Å². The molecular weight excluding hydrogens is 376 g/mol. The lowest BCUT2D eigenvalue weighted by Crippen LogP contribution is -2.10. The van der Waals surface area contributed by atoms with E-state index in [1.807, 2.05) is 32.9 Å². The van der Waals surface area contributed by atoms with E-state index in [1.165, 1.54) is 12.1 Å². The van der Waals surface area contributed by atoms with Crippen molar-refractivity contribution in [2.24, 2.45) is 0 Å². The van der Waals surface area contributed by atoms with E-state index < -0.39 is 5.82 Å². The summed E-state index contributed by atoms with van der Waals surface area (Å²) in [5, 5.41) is 3.88. The second-order valence-corrected chi connectivity index (χ2v) is 6.80. The van der Waals surface area contributed by atoms with Gasteiger partial charge in [-0.1, -0.05) is 39.1 Å². The minimum atomic E-state index is -0.464. The van der Waals surface area contributed by atoms with Crippen molar-refractivity contribution in [1.29, 1.82) is 0 Å². The van der Waals surface area contributed by atoms with Gasteiger partial charge in [-0.25, -0.2) is 4.39 Å². The first-order valence-corrected chi connectivity index (χ1v) is 8.02. The zero-order chi connectivity index (χ0) is 15.7. The van der Waals surface area contributed by atoms with Gasteiger partial charge in [-0.3, -0.25) is 0 Å². The molecule has 0 aromatic heterocycles. The van der Waals surface area contributed by atoms with Crippen LogP contribution in [0.15, 0.2) is 28.7 Å². The van der Waals surface area contributed by atoms with Gasteiger partial charge in [-0.2, -0.15) is 0 Å². The summed E-state index contributed by atoms with van der Waals surface area (Å²) in [6.45, 7) is 5.99. The van der Waals surface area contributed by atoms with Gasteiger partial charge in [0.1, 0.15) is 5.82 Å². The lowest BCUT2D eigenvalue weighted by Gasteiger charge is -2.21. The Kier molecular flexibility index (Phi) is 5.18. The highest BCUT2D eigenvalue weighted by Crippen LogP contribution is 2.33. The summed E-state index contributed by atoms with van der Waals surface area (Å²) in [4.78, 5) is 0. The zero-order valence-corrected chi connectivity index (χ0v) is 15.0. The van der Waals surface area contributed by atoms with Crippen LogP contribution in [0.2, 0.25) is 10.0 Å². The van der Waals surface area contributed by atoms with Gasteiger partial charge < -0.3 is 5.32 Å². The summed E-state index contributed by atoms with van der Waals surface area (Å²) in [7, 11) is 0. The van der Waals surface area contributed by atoms with E-state index in [1.54, 1.807) is 0 Å². The van der Waals surface area contributed by atoms with Crippen LogP contribution in [-0.4, -0.2) is 0 Å². The first kappa shape index (κ1) is 16.6. The molecule has 0 aliphatic rings. The molecule has 0 saturated heterocycles. The zero-order valence-electron chi connectivity index (χ0n) is 11.9. The van der Waals surface area contributed by atoms with Crippen molar-refractivity contribution in [2.75, 3.05) is 5.32 Å². The maximum Gasteiger partial charge on any atom is 0.142 e. The van der Waals surface area contributed by atoms with Gasteiger partial charge >= 0.3 is 0 Å². The second-order valence-electron chi connectivity index (χ2n) is 5.07. The van der Waals surface area contributed by atoms with Crippen LogP contribution in [0, 0.1) is 19.7 Å². The highest BCUT2D eigenvalue weighted by Gasteiger charge is 2.15. The third-order valence-electron chi connectivity index (χ3n) is 3.36. The SMILES string of the molecule is Cc1cc(Br)cc(C)c1NC(C)c1cc(F)c(Cl)cc1Cl. The van der Waals surface area contributed by atoms with E-state index in [0.29, 0.717) is 10.6 Å². The summed E-state index contributed by atoms with van der Waals surface area (Å²) in [5.74, 6) is -0.464. The van der Waals surface area contributed by atoms with Crippen molar-refractivity contribution in [3.63, 3.8) is 0 Å². The maximum atomic E-state index is 13.6. The minimum absolute atomic E-state index is 0.0342. The molecule has 0 aliphatic heterocycles. The Morgan fingerprint density at radius 2 is 1.62 bits per heavy atom. The summed E-state index contributed by atoms with van der Waals surface area (Å²) in [6.07, 6.45) is 0. The molecule has 2 aromatic rings. The molecule has 0 spiro atoms. The van der Waals surface area contributed by atoms with Crippen molar-refractivity contribution in [1.82, 2.24) is 0 Å². The van der Waals surface area contributed by atoms with Crippen molar-refractivity contribution in [2.45, 2.75) is 26.8 Å². The molecular formula is C16H15BrCl2FN. The fourth-order valence-corrected chi connectivity index (χ4v) is 3.54. The van der Waals surface area contributed by atoms with Gasteiger partial charge in [0.2, 0.25) is 0 Å². The number of anilines is 1. The topological polar surface area (TPSA) is 12.0 Å². The number of benzene rings is 2. The normalized spacial score (nSPS) is 12.3. The molecule has 0 aliphatic carbocycles. The largest absolute Gasteiger partial charge is 0.378 e. The average molecular weight is 391 g/mol. The van der Waals surface area contributed by atoms with E-state index in [0.717, 1.165) is 21.3 Å². The summed E-state index contributed by atoms with van der Waals surface area (Å²) < 4.78 is 14.7. The van der Waals surface area contributed by atoms with Crippen LogP contribution < -0.4 is 5.32 Å². The Morgan fingerprint density at radius 3 is 2.19 bits per heavy atom. The molecule has 1 N–H and O–H groups in total. The molecule has 1 unspecified atom stereocenters. The Balaban J connectivity index is 2.35. The molecule has 1 nitrogen and oxygen atoms in total. The number of halogens is 4. The van der Waals surface area contributed by atoms with Gasteiger partial charge in [0.05, 0.1) is 11.1 Å². The quantitative estimate of drug-likeness (QED) is 0.576.